The number of hydrogen-bond donors (Lipinski definition) is 0. The molecule has 5 rings (SSSR count). The molecule has 2 aromatic carbocycles. The number of nitrogens with zero attached hydrogens (tertiary/aromatic N) is 2. The van der Waals surface area contributed by atoms with Crippen molar-refractivity contribution in [1.82, 2.24) is 4.57 Å². The van der Waals surface area contributed by atoms with Gasteiger partial charge in [-0.25, -0.2) is 4.99 Å². The van der Waals surface area contributed by atoms with E-state index in [1.165, 1.54) is 11.1 Å². The minimum atomic E-state index is 0.230. The second-order valence-corrected chi connectivity index (χ2v) is 8.80. The van der Waals surface area contributed by atoms with E-state index in [-0.39, 0.29) is 6.10 Å². The van der Waals surface area contributed by atoms with Gasteiger partial charge in [0.05, 0.1) is 24.0 Å². The Balaban J connectivity index is 1.59. The molecule has 1 atom stereocenters. The highest BCUT2D eigenvalue weighted by molar-refractivity contribution is 7.07. The lowest BCUT2D eigenvalue weighted by Gasteiger charge is -2.19. The number of thiazole rings is 1. The largest absolute Gasteiger partial charge is 0.486 e. The highest BCUT2D eigenvalue weighted by Crippen LogP contribution is 2.35. The van der Waals surface area contributed by atoms with Crippen LogP contribution in [-0.2, 0) is 11.3 Å². The minimum Gasteiger partial charge on any atom is -0.486 e. The molecule has 0 radical (unpaired) electrons. The van der Waals surface area contributed by atoms with Gasteiger partial charge in [0.15, 0.2) is 16.3 Å². The molecule has 1 aromatic heterocycles. The molecule has 1 saturated heterocycles. The Labute approximate surface area is 180 Å². The van der Waals surface area contributed by atoms with Gasteiger partial charge >= 0.3 is 0 Å². The maximum absolute atomic E-state index is 5.95. The molecule has 0 aliphatic carbocycles. The third kappa shape index (κ3) is 4.02. The average Bonchev–Trinajstić information content (AvgIpc) is 3.38. The minimum absolute atomic E-state index is 0.230. The molecule has 2 aliphatic heterocycles. The Morgan fingerprint density at radius 2 is 1.80 bits per heavy atom. The van der Waals surface area contributed by atoms with Crippen LogP contribution >= 0.6 is 11.3 Å². The van der Waals surface area contributed by atoms with E-state index in [2.05, 4.69) is 54.1 Å². The van der Waals surface area contributed by atoms with Gasteiger partial charge in [0.1, 0.15) is 13.2 Å². The molecule has 0 amide bonds. The summed E-state index contributed by atoms with van der Waals surface area (Å²) >= 11 is 1.67. The topological polar surface area (TPSA) is 45.0 Å². The fraction of sp³-hybridized carbons (Fsp3) is 0.375. The molecule has 3 aromatic rings. The van der Waals surface area contributed by atoms with Crippen molar-refractivity contribution in [2.24, 2.45) is 4.99 Å². The third-order valence-corrected chi connectivity index (χ3v) is 6.34. The summed E-state index contributed by atoms with van der Waals surface area (Å²) in [6.45, 7) is 7.06. The van der Waals surface area contributed by atoms with Crippen LogP contribution in [0.15, 0.2) is 46.8 Å². The molecule has 0 unspecified atom stereocenters. The normalized spacial score (nSPS) is 18.7. The number of aryl methyl sites for hydroxylation is 2. The SMILES string of the molecule is Cc1cc(C)cc(N=c2scc(-c3ccc4c(c3)OCCO4)n2C[C@H]2CCCO2)c1. The first-order valence-electron chi connectivity index (χ1n) is 10.5. The van der Waals surface area contributed by atoms with Gasteiger partial charge < -0.3 is 18.8 Å². The van der Waals surface area contributed by atoms with Crippen molar-refractivity contribution in [2.75, 3.05) is 19.8 Å². The van der Waals surface area contributed by atoms with Crippen LogP contribution in [0.1, 0.15) is 24.0 Å². The van der Waals surface area contributed by atoms with Gasteiger partial charge in [-0.2, -0.15) is 0 Å². The van der Waals surface area contributed by atoms with E-state index < -0.39 is 0 Å². The Bertz CT molecular complexity index is 1110. The number of rotatable bonds is 4. The molecule has 3 heterocycles. The number of fused-ring (bicyclic) bond motifs is 1. The molecule has 5 nitrogen and oxygen atoms in total. The van der Waals surface area contributed by atoms with E-state index in [9.17, 15) is 0 Å². The monoisotopic (exact) mass is 422 g/mol. The average molecular weight is 423 g/mol. The summed E-state index contributed by atoms with van der Waals surface area (Å²) in [5.41, 5.74) is 5.68. The number of hydrogen-bond acceptors (Lipinski definition) is 5. The van der Waals surface area contributed by atoms with Crippen molar-refractivity contribution in [2.45, 2.75) is 39.3 Å². The number of ether oxygens (including phenoxy) is 3. The van der Waals surface area contributed by atoms with E-state index in [0.29, 0.717) is 13.2 Å². The van der Waals surface area contributed by atoms with Gasteiger partial charge in [-0.1, -0.05) is 6.07 Å². The van der Waals surface area contributed by atoms with Crippen LogP contribution in [0.2, 0.25) is 0 Å². The Hall–Kier alpha value is -2.57. The fourth-order valence-corrected chi connectivity index (χ4v) is 5.08. The van der Waals surface area contributed by atoms with Crippen molar-refractivity contribution < 1.29 is 14.2 Å². The van der Waals surface area contributed by atoms with Crippen LogP contribution < -0.4 is 14.3 Å². The van der Waals surface area contributed by atoms with Crippen molar-refractivity contribution in [3.8, 4) is 22.8 Å². The van der Waals surface area contributed by atoms with E-state index in [0.717, 1.165) is 59.2 Å². The second kappa shape index (κ2) is 8.28. The Morgan fingerprint density at radius 1 is 1.00 bits per heavy atom. The van der Waals surface area contributed by atoms with Gasteiger partial charge in [0.2, 0.25) is 0 Å². The second-order valence-electron chi connectivity index (χ2n) is 7.97. The lowest BCUT2D eigenvalue weighted by Crippen LogP contribution is -2.24. The van der Waals surface area contributed by atoms with Crippen LogP contribution in [-0.4, -0.2) is 30.5 Å². The lowest BCUT2D eigenvalue weighted by molar-refractivity contribution is 0.0968. The summed E-state index contributed by atoms with van der Waals surface area (Å²) in [6, 6.07) is 12.6. The van der Waals surface area contributed by atoms with Gasteiger partial charge in [0.25, 0.3) is 0 Å². The van der Waals surface area contributed by atoms with Crippen LogP contribution in [0.3, 0.4) is 0 Å². The van der Waals surface area contributed by atoms with Crippen LogP contribution in [0.25, 0.3) is 11.3 Å². The molecule has 0 saturated carbocycles. The molecule has 156 valence electrons. The Kier molecular flexibility index (Phi) is 5.35. The maximum Gasteiger partial charge on any atom is 0.190 e. The molecular formula is C24H26N2O3S. The first-order valence-corrected chi connectivity index (χ1v) is 11.4. The van der Waals surface area contributed by atoms with Gasteiger partial charge in [-0.15, -0.1) is 11.3 Å². The van der Waals surface area contributed by atoms with Crippen molar-refractivity contribution in [1.29, 1.82) is 0 Å². The first-order chi connectivity index (χ1) is 14.7. The predicted octanol–water partition coefficient (Wildman–Crippen LogP) is 5.02. The molecule has 0 spiro atoms. The summed E-state index contributed by atoms with van der Waals surface area (Å²) in [6.07, 6.45) is 2.44. The quantitative estimate of drug-likeness (QED) is 0.593. The van der Waals surface area contributed by atoms with Crippen molar-refractivity contribution in [3.05, 3.63) is 57.7 Å². The summed E-state index contributed by atoms with van der Waals surface area (Å²) < 4.78 is 19.7. The van der Waals surface area contributed by atoms with Crippen molar-refractivity contribution in [3.63, 3.8) is 0 Å². The van der Waals surface area contributed by atoms with Gasteiger partial charge in [-0.3, -0.25) is 0 Å². The van der Waals surface area contributed by atoms with E-state index >= 15 is 0 Å². The highest BCUT2D eigenvalue weighted by atomic mass is 32.1. The lowest BCUT2D eigenvalue weighted by atomic mass is 10.1. The first kappa shape index (κ1) is 19.4. The number of benzene rings is 2. The molecular weight excluding hydrogens is 396 g/mol. The third-order valence-electron chi connectivity index (χ3n) is 5.48. The zero-order chi connectivity index (χ0) is 20.5. The summed E-state index contributed by atoms with van der Waals surface area (Å²) in [5, 5.41) is 2.18. The van der Waals surface area contributed by atoms with E-state index in [4.69, 9.17) is 19.2 Å². The van der Waals surface area contributed by atoms with E-state index in [1.807, 2.05) is 6.07 Å². The highest BCUT2D eigenvalue weighted by Gasteiger charge is 2.20. The molecule has 0 N–H and O–H groups in total. The predicted molar refractivity (Wildman–Crippen MR) is 119 cm³/mol. The summed E-state index contributed by atoms with van der Waals surface area (Å²) in [7, 11) is 0. The summed E-state index contributed by atoms with van der Waals surface area (Å²) in [4.78, 5) is 5.99. The van der Waals surface area contributed by atoms with Gasteiger partial charge in [-0.05, 0) is 68.1 Å². The zero-order valence-corrected chi connectivity index (χ0v) is 18.2. The molecule has 30 heavy (non-hydrogen) atoms. The molecule has 1 fully saturated rings. The maximum atomic E-state index is 5.95. The van der Waals surface area contributed by atoms with E-state index in [1.54, 1.807) is 11.3 Å². The number of aromatic nitrogens is 1. The zero-order valence-electron chi connectivity index (χ0n) is 17.4. The molecule has 6 heteroatoms. The Morgan fingerprint density at radius 3 is 2.57 bits per heavy atom. The smallest absolute Gasteiger partial charge is 0.190 e. The van der Waals surface area contributed by atoms with Crippen molar-refractivity contribution >= 4 is 17.0 Å². The fourth-order valence-electron chi connectivity index (χ4n) is 4.15. The van der Waals surface area contributed by atoms with Gasteiger partial charge in [0, 0.05) is 17.6 Å². The molecule has 0 bridgehead atoms. The van der Waals surface area contributed by atoms with Crippen LogP contribution in [0.4, 0.5) is 5.69 Å². The molecule has 2 aliphatic rings. The standard InChI is InChI=1S/C24H26N2O3S/c1-16-10-17(2)12-19(11-16)25-24-26(14-20-4-3-7-27-20)21(15-30-24)18-5-6-22-23(13-18)29-9-8-28-22/h5-6,10-13,15,20H,3-4,7-9,14H2,1-2H3/t20-/m1/s1. The van der Waals surface area contributed by atoms with Crippen LogP contribution in [0.5, 0.6) is 11.5 Å². The summed E-state index contributed by atoms with van der Waals surface area (Å²) in [5.74, 6) is 1.62. The van der Waals surface area contributed by atoms with Crippen LogP contribution in [0, 0.1) is 13.8 Å².